The molecule has 2 aromatic rings. The average molecular weight is 328 g/mol. The van der Waals surface area contributed by atoms with E-state index in [4.69, 9.17) is 4.42 Å². The minimum absolute atomic E-state index is 0.158. The maximum Gasteiger partial charge on any atom is 0.274 e. The number of benzene rings is 1. The van der Waals surface area contributed by atoms with E-state index in [1.165, 1.54) is 45.2 Å². The summed E-state index contributed by atoms with van der Waals surface area (Å²) in [6, 6.07) is 7.91. The van der Waals surface area contributed by atoms with Crippen LogP contribution in [0.15, 0.2) is 35.1 Å². The van der Waals surface area contributed by atoms with Crippen molar-refractivity contribution in [3.05, 3.63) is 41.9 Å². The van der Waals surface area contributed by atoms with Crippen molar-refractivity contribution < 1.29 is 14.1 Å². The first kappa shape index (κ1) is 16.7. The Labute approximate surface area is 143 Å². The Balaban J connectivity index is 1.59. The fourth-order valence-electron chi connectivity index (χ4n) is 3.31. The van der Waals surface area contributed by atoms with Crippen molar-refractivity contribution >= 4 is 5.91 Å². The number of aromatic nitrogens is 1. The highest BCUT2D eigenvalue weighted by Crippen LogP contribution is 2.23. The molecule has 1 aliphatic rings. The number of carbonyl (C=O) groups is 1. The summed E-state index contributed by atoms with van der Waals surface area (Å²) in [5.41, 5.74) is 2.38. The summed E-state index contributed by atoms with van der Waals surface area (Å²) in [7, 11) is 0. The zero-order valence-corrected chi connectivity index (χ0v) is 14.3. The van der Waals surface area contributed by atoms with E-state index in [2.05, 4.69) is 10.3 Å². The standard InChI is InChI=1S/C19H25N3O2/c1-15-7-6-8-16(13-15)18-17(21-14-24-18)19(23)20-9-12-22-10-4-2-3-5-11-22/h6-8,13-14H,2-5,9-12H2,1H3,(H,20,23)/p+1. The first-order chi connectivity index (χ1) is 11.7. The number of oxazole rings is 1. The van der Waals surface area contributed by atoms with E-state index in [0.717, 1.165) is 17.7 Å². The molecule has 1 aliphatic heterocycles. The first-order valence-corrected chi connectivity index (χ1v) is 8.86. The van der Waals surface area contributed by atoms with Gasteiger partial charge in [0.15, 0.2) is 17.8 Å². The number of amides is 1. The zero-order valence-electron chi connectivity index (χ0n) is 14.3. The third-order valence-electron chi connectivity index (χ3n) is 4.64. The summed E-state index contributed by atoms with van der Waals surface area (Å²) in [6.07, 6.45) is 6.62. The van der Waals surface area contributed by atoms with Crippen LogP contribution in [0.2, 0.25) is 0 Å². The molecule has 3 rings (SSSR count). The van der Waals surface area contributed by atoms with Gasteiger partial charge in [-0.05, 0) is 38.7 Å². The molecule has 0 radical (unpaired) electrons. The van der Waals surface area contributed by atoms with Gasteiger partial charge in [-0.2, -0.15) is 0 Å². The number of nitrogens with zero attached hydrogens (tertiary/aromatic N) is 1. The van der Waals surface area contributed by atoms with Gasteiger partial charge in [-0.3, -0.25) is 4.79 Å². The Morgan fingerprint density at radius 2 is 2.04 bits per heavy atom. The smallest absolute Gasteiger partial charge is 0.274 e. The Hall–Kier alpha value is -2.14. The molecule has 1 aromatic carbocycles. The van der Waals surface area contributed by atoms with E-state index < -0.39 is 0 Å². The highest BCUT2D eigenvalue weighted by atomic mass is 16.3. The molecule has 0 atom stereocenters. The summed E-state index contributed by atoms with van der Waals surface area (Å²) in [5, 5.41) is 3.00. The number of carbonyl (C=O) groups excluding carboxylic acids is 1. The van der Waals surface area contributed by atoms with Crippen molar-refractivity contribution in [3.8, 4) is 11.3 Å². The van der Waals surface area contributed by atoms with Crippen LogP contribution in [0.3, 0.4) is 0 Å². The van der Waals surface area contributed by atoms with Gasteiger partial charge in [0.25, 0.3) is 5.91 Å². The van der Waals surface area contributed by atoms with Crippen LogP contribution in [0.25, 0.3) is 11.3 Å². The Kier molecular flexibility index (Phi) is 5.64. The van der Waals surface area contributed by atoms with E-state index in [1.54, 1.807) is 4.90 Å². The predicted octanol–water partition coefficient (Wildman–Crippen LogP) is 1.84. The van der Waals surface area contributed by atoms with E-state index >= 15 is 0 Å². The number of hydrogen-bond acceptors (Lipinski definition) is 3. The van der Waals surface area contributed by atoms with Crippen LogP contribution in [-0.2, 0) is 0 Å². The lowest BCUT2D eigenvalue weighted by Gasteiger charge is -2.16. The Morgan fingerprint density at radius 3 is 2.79 bits per heavy atom. The van der Waals surface area contributed by atoms with E-state index in [1.807, 2.05) is 31.2 Å². The van der Waals surface area contributed by atoms with Crippen LogP contribution in [-0.4, -0.2) is 37.1 Å². The van der Waals surface area contributed by atoms with Crippen LogP contribution < -0.4 is 10.2 Å². The van der Waals surface area contributed by atoms with Gasteiger partial charge in [-0.25, -0.2) is 4.98 Å². The largest absolute Gasteiger partial charge is 0.443 e. The minimum atomic E-state index is -0.158. The molecule has 2 N–H and O–H groups in total. The second-order valence-electron chi connectivity index (χ2n) is 6.57. The summed E-state index contributed by atoms with van der Waals surface area (Å²) < 4.78 is 5.46. The summed E-state index contributed by atoms with van der Waals surface area (Å²) in [5.74, 6) is 0.382. The molecule has 0 bridgehead atoms. The molecule has 5 heteroatoms. The van der Waals surface area contributed by atoms with Gasteiger partial charge >= 0.3 is 0 Å². The topological polar surface area (TPSA) is 59.6 Å². The van der Waals surface area contributed by atoms with E-state index in [0.29, 0.717) is 18.0 Å². The number of hydrogen-bond donors (Lipinski definition) is 2. The van der Waals surface area contributed by atoms with Crippen molar-refractivity contribution in [1.82, 2.24) is 10.3 Å². The predicted molar refractivity (Wildman–Crippen MR) is 93.0 cm³/mol. The molecule has 0 unspecified atom stereocenters. The monoisotopic (exact) mass is 328 g/mol. The molecule has 1 amide bonds. The lowest BCUT2D eigenvalue weighted by Crippen LogP contribution is -3.12. The molecule has 2 heterocycles. The summed E-state index contributed by atoms with van der Waals surface area (Å²) in [4.78, 5) is 18.2. The summed E-state index contributed by atoms with van der Waals surface area (Å²) >= 11 is 0. The SMILES string of the molecule is Cc1cccc(-c2ocnc2C(=O)NCC[NH+]2CCCCCC2)c1. The van der Waals surface area contributed by atoms with Crippen LogP contribution in [0.1, 0.15) is 41.7 Å². The van der Waals surface area contributed by atoms with E-state index in [-0.39, 0.29) is 5.91 Å². The van der Waals surface area contributed by atoms with Crippen molar-refractivity contribution in [2.75, 3.05) is 26.2 Å². The van der Waals surface area contributed by atoms with E-state index in [9.17, 15) is 4.79 Å². The van der Waals surface area contributed by atoms with Crippen LogP contribution in [0.4, 0.5) is 0 Å². The molecule has 1 saturated heterocycles. The molecular formula is C19H26N3O2+. The van der Waals surface area contributed by atoms with Crippen LogP contribution >= 0.6 is 0 Å². The summed E-state index contributed by atoms with van der Waals surface area (Å²) in [6.45, 7) is 6.10. The quantitative estimate of drug-likeness (QED) is 0.880. The third-order valence-corrected chi connectivity index (χ3v) is 4.64. The van der Waals surface area contributed by atoms with Crippen molar-refractivity contribution in [2.45, 2.75) is 32.6 Å². The lowest BCUT2D eigenvalue weighted by atomic mass is 10.1. The zero-order chi connectivity index (χ0) is 16.8. The Morgan fingerprint density at radius 1 is 1.25 bits per heavy atom. The van der Waals surface area contributed by atoms with Crippen molar-refractivity contribution in [1.29, 1.82) is 0 Å². The fraction of sp³-hybridized carbons (Fsp3) is 0.474. The van der Waals surface area contributed by atoms with Gasteiger partial charge in [0, 0.05) is 5.56 Å². The highest BCUT2D eigenvalue weighted by Gasteiger charge is 2.19. The molecule has 1 aromatic heterocycles. The molecule has 0 spiro atoms. The lowest BCUT2D eigenvalue weighted by molar-refractivity contribution is -0.898. The van der Waals surface area contributed by atoms with Crippen LogP contribution in [0, 0.1) is 6.92 Å². The maximum atomic E-state index is 12.5. The van der Waals surface area contributed by atoms with Gasteiger partial charge in [0.2, 0.25) is 0 Å². The average Bonchev–Trinajstić information content (AvgIpc) is 2.93. The molecule has 0 aliphatic carbocycles. The maximum absolute atomic E-state index is 12.5. The van der Waals surface area contributed by atoms with Gasteiger partial charge in [0.05, 0.1) is 26.2 Å². The fourth-order valence-corrected chi connectivity index (χ4v) is 3.31. The van der Waals surface area contributed by atoms with Crippen molar-refractivity contribution in [3.63, 3.8) is 0 Å². The number of nitrogens with one attached hydrogen (secondary N) is 2. The minimum Gasteiger partial charge on any atom is -0.443 e. The molecule has 1 fully saturated rings. The first-order valence-electron chi connectivity index (χ1n) is 8.86. The normalized spacial score (nSPS) is 15.9. The van der Waals surface area contributed by atoms with Crippen molar-refractivity contribution in [2.24, 2.45) is 0 Å². The second-order valence-corrected chi connectivity index (χ2v) is 6.57. The Bertz CT molecular complexity index is 673. The van der Waals surface area contributed by atoms with Gasteiger partial charge in [0.1, 0.15) is 0 Å². The van der Waals surface area contributed by atoms with Gasteiger partial charge < -0.3 is 14.6 Å². The second kappa shape index (κ2) is 8.11. The third kappa shape index (κ3) is 4.23. The molecule has 24 heavy (non-hydrogen) atoms. The number of quaternary nitrogens is 1. The number of aryl methyl sites for hydroxylation is 1. The molecule has 128 valence electrons. The van der Waals surface area contributed by atoms with Gasteiger partial charge in [-0.15, -0.1) is 0 Å². The molecule has 5 nitrogen and oxygen atoms in total. The number of likely N-dealkylation sites (tertiary alicyclic amines) is 1. The van der Waals surface area contributed by atoms with Crippen LogP contribution in [0.5, 0.6) is 0 Å². The number of rotatable bonds is 5. The molecular weight excluding hydrogens is 302 g/mol. The van der Waals surface area contributed by atoms with Gasteiger partial charge in [-0.1, -0.05) is 23.8 Å². The molecule has 0 saturated carbocycles. The highest BCUT2D eigenvalue weighted by molar-refractivity contribution is 5.97.